The maximum atomic E-state index is 12.4. The molecule has 10 heteroatoms. The van der Waals surface area contributed by atoms with E-state index in [2.05, 4.69) is 5.32 Å². The fourth-order valence-electron chi connectivity index (χ4n) is 3.16. The van der Waals surface area contributed by atoms with Gasteiger partial charge in [-0.2, -0.15) is 5.06 Å². The first-order valence-electron chi connectivity index (χ1n) is 10.9. The van der Waals surface area contributed by atoms with Crippen LogP contribution < -0.4 is 5.32 Å². The summed E-state index contributed by atoms with van der Waals surface area (Å²) in [6.07, 6.45) is 4.44. The zero-order valence-electron chi connectivity index (χ0n) is 19.3. The molecule has 0 unspecified atom stereocenters. The molecule has 0 spiro atoms. The molecule has 10 nitrogen and oxygen atoms in total. The Labute approximate surface area is 188 Å². The lowest BCUT2D eigenvalue weighted by molar-refractivity contribution is -0.202. The number of nitrogens with zero attached hydrogens (tertiary/aromatic N) is 2. The Morgan fingerprint density at radius 2 is 1.72 bits per heavy atom. The van der Waals surface area contributed by atoms with Crippen LogP contribution in [0.5, 0.6) is 0 Å². The van der Waals surface area contributed by atoms with Gasteiger partial charge in [-0.05, 0) is 47.0 Å². The summed E-state index contributed by atoms with van der Waals surface area (Å²) in [7, 11) is 0. The van der Waals surface area contributed by atoms with Gasteiger partial charge in [0.15, 0.2) is 0 Å². The number of carbonyl (C=O) groups excluding carboxylic acids is 5. The molecule has 2 rings (SSSR count). The SMILES string of the molecule is CC(C)(CCNC(=O)CCN1C(=O)C=CC1=O)OCCC(C)(C)C(=O)ON1CCCC1=O. The Hall–Kier alpha value is -2.75. The zero-order valence-corrected chi connectivity index (χ0v) is 19.3. The Morgan fingerprint density at radius 3 is 2.31 bits per heavy atom. The molecule has 2 heterocycles. The molecule has 1 saturated heterocycles. The highest BCUT2D eigenvalue weighted by molar-refractivity contribution is 6.13. The van der Waals surface area contributed by atoms with Crippen molar-refractivity contribution in [2.75, 3.05) is 26.2 Å². The molecule has 0 aliphatic carbocycles. The van der Waals surface area contributed by atoms with Crippen LogP contribution in [0.15, 0.2) is 12.2 Å². The average Bonchev–Trinajstić information content (AvgIpc) is 3.24. The van der Waals surface area contributed by atoms with E-state index >= 15 is 0 Å². The largest absolute Gasteiger partial charge is 0.375 e. The van der Waals surface area contributed by atoms with E-state index < -0.39 is 28.8 Å². The normalized spacial score (nSPS) is 16.8. The van der Waals surface area contributed by atoms with Crippen molar-refractivity contribution in [2.45, 2.75) is 65.4 Å². The van der Waals surface area contributed by atoms with Crippen molar-refractivity contribution >= 4 is 29.6 Å². The standard InChI is InChI=1S/C22H33N3O7/c1-21(2,20(30)32-25-13-5-6-19(25)29)11-15-31-22(3,4)10-12-23-16(26)9-14-24-17(27)7-8-18(24)28/h7-8H,5-6,9-15H2,1-4H3,(H,23,26). The van der Waals surface area contributed by atoms with Crippen LogP contribution in [-0.2, 0) is 33.5 Å². The molecule has 32 heavy (non-hydrogen) atoms. The molecule has 4 amide bonds. The van der Waals surface area contributed by atoms with Gasteiger partial charge in [-0.3, -0.25) is 24.1 Å². The second kappa shape index (κ2) is 10.7. The number of imide groups is 1. The molecule has 0 aromatic carbocycles. The molecule has 2 aliphatic rings. The van der Waals surface area contributed by atoms with Crippen LogP contribution in [0.25, 0.3) is 0 Å². The first kappa shape index (κ1) is 25.5. The van der Waals surface area contributed by atoms with E-state index in [1.54, 1.807) is 13.8 Å². The molecule has 0 atom stereocenters. The summed E-state index contributed by atoms with van der Waals surface area (Å²) in [6, 6.07) is 0. The van der Waals surface area contributed by atoms with E-state index in [1.165, 1.54) is 12.2 Å². The molecule has 0 saturated carbocycles. The van der Waals surface area contributed by atoms with Gasteiger partial charge in [0.1, 0.15) is 0 Å². The molecule has 178 valence electrons. The summed E-state index contributed by atoms with van der Waals surface area (Å²) in [5, 5.41) is 3.89. The molecule has 1 fully saturated rings. The maximum Gasteiger partial charge on any atom is 0.338 e. The van der Waals surface area contributed by atoms with Crippen LogP contribution in [0, 0.1) is 5.41 Å². The highest BCUT2D eigenvalue weighted by atomic mass is 16.7. The minimum atomic E-state index is -0.813. The Balaban J connectivity index is 1.64. The van der Waals surface area contributed by atoms with E-state index in [-0.39, 0.29) is 24.8 Å². The number of amides is 4. The lowest BCUT2D eigenvalue weighted by atomic mass is 9.90. The van der Waals surface area contributed by atoms with Gasteiger partial charge in [0.05, 0.1) is 17.6 Å². The lowest BCUT2D eigenvalue weighted by Gasteiger charge is -2.29. The fraction of sp³-hybridized carbons (Fsp3) is 0.682. The predicted octanol–water partition coefficient (Wildman–Crippen LogP) is 1.10. The zero-order chi connectivity index (χ0) is 23.9. The number of rotatable bonds is 12. The van der Waals surface area contributed by atoms with Gasteiger partial charge in [-0.25, -0.2) is 4.79 Å². The van der Waals surface area contributed by atoms with Gasteiger partial charge < -0.3 is 14.9 Å². The van der Waals surface area contributed by atoms with Gasteiger partial charge in [0.25, 0.3) is 17.7 Å². The summed E-state index contributed by atoms with van der Waals surface area (Å²) < 4.78 is 5.91. The van der Waals surface area contributed by atoms with Crippen LogP contribution in [0.4, 0.5) is 0 Å². The van der Waals surface area contributed by atoms with Crippen LogP contribution in [0.3, 0.4) is 0 Å². The van der Waals surface area contributed by atoms with E-state index in [0.29, 0.717) is 45.4 Å². The highest BCUT2D eigenvalue weighted by Crippen LogP contribution is 2.26. The predicted molar refractivity (Wildman–Crippen MR) is 114 cm³/mol. The summed E-state index contributed by atoms with van der Waals surface area (Å²) >= 11 is 0. The minimum absolute atomic E-state index is 0.0380. The molecule has 2 aliphatic heterocycles. The third kappa shape index (κ3) is 7.44. The number of nitrogens with one attached hydrogen (secondary N) is 1. The second-order valence-electron chi connectivity index (χ2n) is 9.23. The van der Waals surface area contributed by atoms with Gasteiger partial charge in [0.2, 0.25) is 5.91 Å². The fourth-order valence-corrected chi connectivity index (χ4v) is 3.16. The molecule has 1 N–H and O–H groups in total. The quantitative estimate of drug-likeness (QED) is 0.441. The van der Waals surface area contributed by atoms with Crippen LogP contribution in [-0.4, -0.2) is 71.4 Å². The third-order valence-corrected chi connectivity index (χ3v) is 5.51. The van der Waals surface area contributed by atoms with Crippen molar-refractivity contribution in [2.24, 2.45) is 5.41 Å². The summed E-state index contributed by atoms with van der Waals surface area (Å²) in [5.74, 6) is -1.71. The number of carbonyl (C=O) groups is 5. The smallest absolute Gasteiger partial charge is 0.338 e. The van der Waals surface area contributed by atoms with Crippen molar-refractivity contribution in [1.29, 1.82) is 0 Å². The van der Waals surface area contributed by atoms with Crippen molar-refractivity contribution in [3.05, 3.63) is 12.2 Å². The lowest BCUT2D eigenvalue weighted by Crippen LogP contribution is -2.38. The Kier molecular flexibility index (Phi) is 8.54. The maximum absolute atomic E-state index is 12.4. The molecule has 0 radical (unpaired) electrons. The topological polar surface area (TPSA) is 122 Å². The first-order chi connectivity index (χ1) is 14.9. The number of hydrogen-bond donors (Lipinski definition) is 1. The third-order valence-electron chi connectivity index (χ3n) is 5.51. The van der Waals surface area contributed by atoms with E-state index in [9.17, 15) is 24.0 Å². The average molecular weight is 452 g/mol. The first-order valence-corrected chi connectivity index (χ1v) is 10.9. The molecule has 0 bridgehead atoms. The van der Waals surface area contributed by atoms with Crippen molar-refractivity contribution in [1.82, 2.24) is 15.3 Å². The number of hydroxylamine groups is 2. The molecular weight excluding hydrogens is 418 g/mol. The second-order valence-corrected chi connectivity index (χ2v) is 9.23. The Bertz CT molecular complexity index is 770. The summed E-state index contributed by atoms with van der Waals surface area (Å²) in [4.78, 5) is 65.2. The number of hydrogen-bond acceptors (Lipinski definition) is 7. The van der Waals surface area contributed by atoms with Gasteiger partial charge in [-0.15, -0.1) is 0 Å². The highest BCUT2D eigenvalue weighted by Gasteiger charge is 2.34. The summed E-state index contributed by atoms with van der Waals surface area (Å²) in [6.45, 7) is 8.43. The van der Waals surface area contributed by atoms with E-state index in [1.807, 2.05) is 13.8 Å². The van der Waals surface area contributed by atoms with Crippen LogP contribution in [0.2, 0.25) is 0 Å². The molecule has 0 aromatic rings. The van der Waals surface area contributed by atoms with E-state index in [0.717, 1.165) is 9.96 Å². The van der Waals surface area contributed by atoms with Gasteiger partial charge in [0, 0.05) is 44.7 Å². The van der Waals surface area contributed by atoms with Crippen LogP contribution >= 0.6 is 0 Å². The summed E-state index contributed by atoms with van der Waals surface area (Å²) in [5.41, 5.74) is -1.35. The molecular formula is C22H33N3O7. The van der Waals surface area contributed by atoms with Crippen molar-refractivity contribution in [3.8, 4) is 0 Å². The van der Waals surface area contributed by atoms with Crippen LogP contribution in [0.1, 0.15) is 59.8 Å². The minimum Gasteiger partial charge on any atom is -0.375 e. The van der Waals surface area contributed by atoms with Gasteiger partial charge >= 0.3 is 5.97 Å². The van der Waals surface area contributed by atoms with Crippen molar-refractivity contribution < 1.29 is 33.5 Å². The molecule has 0 aromatic heterocycles. The van der Waals surface area contributed by atoms with Gasteiger partial charge in [-0.1, -0.05) is 0 Å². The van der Waals surface area contributed by atoms with E-state index in [4.69, 9.17) is 9.57 Å². The number of ether oxygens (including phenoxy) is 1. The Morgan fingerprint density at radius 1 is 1.06 bits per heavy atom. The monoisotopic (exact) mass is 451 g/mol. The van der Waals surface area contributed by atoms with Crippen molar-refractivity contribution in [3.63, 3.8) is 0 Å².